The quantitative estimate of drug-likeness (QED) is 0.131. The Bertz CT molecular complexity index is 2060. The van der Waals surface area contributed by atoms with Crippen molar-refractivity contribution in [3.8, 4) is 22.3 Å². The van der Waals surface area contributed by atoms with E-state index in [1.54, 1.807) is 31.9 Å². The molecule has 4 aromatic rings. The van der Waals surface area contributed by atoms with E-state index in [-0.39, 0.29) is 0 Å². The molecule has 0 aromatic heterocycles. The number of allylic oxidation sites excluding steroid dienone is 2. The molecular weight excluding hydrogens is 907 g/mol. The molecule has 0 spiro atoms. The second-order valence-electron chi connectivity index (χ2n) is 22.4. The Morgan fingerprint density at radius 3 is 1.18 bits per heavy atom. The summed E-state index contributed by atoms with van der Waals surface area (Å²) in [6.07, 6.45) is 13.3. The topological polar surface area (TPSA) is 0 Å². The summed E-state index contributed by atoms with van der Waals surface area (Å²) in [6, 6.07) is 31.7. The number of fused-ring (bicyclic) bond motifs is 2. The first kappa shape index (κ1) is 42.9. The first-order valence-electron chi connectivity index (χ1n) is 21.3. The number of hydrogen-bond acceptors (Lipinski definition) is 0. The molecule has 0 amide bonds. The van der Waals surface area contributed by atoms with E-state index in [0.29, 0.717) is 7.35 Å². The van der Waals surface area contributed by atoms with Gasteiger partial charge in [0, 0.05) is 0 Å². The van der Waals surface area contributed by atoms with Gasteiger partial charge in [-0.25, -0.2) is 0 Å². The van der Waals surface area contributed by atoms with E-state index in [0.717, 1.165) is 0 Å². The third kappa shape index (κ3) is 8.04. The third-order valence-electron chi connectivity index (χ3n) is 14.0. The molecule has 0 nitrogen and oxygen atoms in total. The predicted octanol–water partition coefficient (Wildman–Crippen LogP) is 13.2. The summed E-state index contributed by atoms with van der Waals surface area (Å²) in [4.78, 5) is 0. The van der Waals surface area contributed by atoms with Crippen LogP contribution < -0.4 is 20.7 Å². The van der Waals surface area contributed by atoms with Crippen LogP contribution in [0.5, 0.6) is 0 Å². The van der Waals surface area contributed by atoms with Gasteiger partial charge in [-0.1, -0.05) is 0 Å². The van der Waals surface area contributed by atoms with Crippen molar-refractivity contribution >= 4 is 70.7 Å². The Hall–Kier alpha value is -1.69. The Kier molecular flexibility index (Phi) is 11.6. The molecule has 0 aliphatic heterocycles. The number of unbranched alkanes of at least 4 members (excludes halogenated alkanes) is 1. The molecule has 292 valence electrons. The van der Waals surface area contributed by atoms with Crippen molar-refractivity contribution in [1.29, 1.82) is 0 Å². The summed E-state index contributed by atoms with van der Waals surface area (Å²) >= 11 is -3.94. The number of rotatable bonds is 11. The molecule has 0 radical (unpaired) electrons. The normalized spacial score (nSPS) is 17.5. The van der Waals surface area contributed by atoms with Crippen LogP contribution in [0.15, 0.2) is 84.9 Å². The predicted molar refractivity (Wildman–Crippen MR) is 262 cm³/mol. The van der Waals surface area contributed by atoms with Crippen molar-refractivity contribution in [1.82, 2.24) is 0 Å². The van der Waals surface area contributed by atoms with Gasteiger partial charge >= 0.3 is 345 Å². The van der Waals surface area contributed by atoms with E-state index in [1.165, 1.54) is 52.3 Å². The van der Waals surface area contributed by atoms with E-state index in [4.69, 9.17) is 0 Å². The van der Waals surface area contributed by atoms with Crippen LogP contribution in [-0.4, -0.2) is 37.8 Å². The minimum atomic E-state index is -3.94. The van der Waals surface area contributed by atoms with Crippen molar-refractivity contribution in [3.05, 3.63) is 107 Å². The van der Waals surface area contributed by atoms with Crippen molar-refractivity contribution in [2.45, 2.75) is 128 Å². The zero-order valence-corrected chi connectivity index (χ0v) is 46.1. The summed E-state index contributed by atoms with van der Waals surface area (Å²) in [6.45, 7) is 35.3. The number of benzene rings is 4. The molecule has 0 bridgehead atoms. The standard InChI is InChI=1S/2C21H27Si2.C5H12Si.2CH3.Hf/c2*1-22(2,3)18-13-17(14-19(15-18)23(4,5)6)21-12-8-10-16-9-7-11-20(16)21;1-3-4-5-6-2;;;/h2*7-15H,1-6H3;3-5H2,1-2H3;2*1H3;. The first-order chi connectivity index (χ1) is 25.3. The van der Waals surface area contributed by atoms with Gasteiger partial charge in [0.05, 0.1) is 0 Å². The van der Waals surface area contributed by atoms with E-state index < -0.39 is 54.9 Å². The van der Waals surface area contributed by atoms with E-state index >= 15 is 0 Å². The molecule has 2 aliphatic carbocycles. The van der Waals surface area contributed by atoms with Crippen LogP contribution in [0.1, 0.15) is 49.4 Å². The van der Waals surface area contributed by atoms with Gasteiger partial charge in [0.1, 0.15) is 0 Å². The van der Waals surface area contributed by atoms with E-state index in [1.807, 2.05) is 0 Å². The van der Waals surface area contributed by atoms with Gasteiger partial charge in [0.2, 0.25) is 0 Å². The average Bonchev–Trinajstić information content (AvgIpc) is 3.75. The summed E-state index contributed by atoms with van der Waals surface area (Å²) in [5.41, 5.74) is 11.4. The molecule has 55 heavy (non-hydrogen) atoms. The van der Waals surface area contributed by atoms with Crippen LogP contribution in [0.2, 0.25) is 101 Å². The van der Waals surface area contributed by atoms with Crippen molar-refractivity contribution < 1.29 is 17.1 Å². The molecule has 4 aromatic carbocycles. The van der Waals surface area contributed by atoms with E-state index in [9.17, 15) is 0 Å². The van der Waals surface area contributed by atoms with Crippen LogP contribution in [0.3, 0.4) is 0 Å². The van der Waals surface area contributed by atoms with Crippen molar-refractivity contribution in [3.63, 3.8) is 0 Å². The van der Waals surface area contributed by atoms with Crippen LogP contribution in [0, 0.1) is 0 Å². The van der Waals surface area contributed by atoms with Gasteiger partial charge in [-0.3, -0.25) is 0 Å². The molecule has 0 saturated carbocycles. The molecule has 2 aliphatic rings. The summed E-state index contributed by atoms with van der Waals surface area (Å²) in [5, 5.41) is 6.41. The van der Waals surface area contributed by atoms with Crippen LogP contribution in [0.4, 0.5) is 0 Å². The fourth-order valence-electron chi connectivity index (χ4n) is 9.58. The van der Waals surface area contributed by atoms with Gasteiger partial charge in [-0.15, -0.1) is 0 Å². The number of hydrogen-bond donors (Lipinski definition) is 0. The second-order valence-corrected chi connectivity index (χ2v) is 90.1. The molecule has 0 fully saturated rings. The van der Waals surface area contributed by atoms with E-state index in [2.05, 4.69) is 198 Å². The summed E-state index contributed by atoms with van der Waals surface area (Å²) in [7, 11) is -6.03. The van der Waals surface area contributed by atoms with Gasteiger partial charge < -0.3 is 0 Å². The second kappa shape index (κ2) is 14.8. The van der Waals surface area contributed by atoms with Crippen LogP contribution >= 0.6 is 0 Å². The molecule has 2 atom stereocenters. The van der Waals surface area contributed by atoms with Crippen molar-refractivity contribution in [2.24, 2.45) is 0 Å². The molecule has 0 saturated heterocycles. The fourth-order valence-corrected chi connectivity index (χ4v) is 58.3. The Morgan fingerprint density at radius 2 is 0.873 bits per heavy atom. The van der Waals surface area contributed by atoms with Crippen molar-refractivity contribution in [2.75, 3.05) is 0 Å². The summed E-state index contributed by atoms with van der Waals surface area (Å²) < 4.78 is 6.97. The molecule has 6 rings (SSSR count). The third-order valence-corrected chi connectivity index (χ3v) is 80.0. The fraction of sp³-hybridized carbons (Fsp3) is 0.429. The molecule has 0 heterocycles. The van der Waals surface area contributed by atoms with Gasteiger partial charge in [-0.2, -0.15) is 0 Å². The van der Waals surface area contributed by atoms with Gasteiger partial charge in [-0.05, 0) is 0 Å². The SMILES string of the molecule is CCCC[Si](C)=[Hf]([CH3])([CH3])([CH]1C=Cc2c(-c3cc([Si](C)(C)C)cc([Si](C)(C)C)c3)cccc21)[CH]1C=Cc2c(-c3cc([Si](C)(C)C)cc([Si](C)(C)C)c3)cccc21. The summed E-state index contributed by atoms with van der Waals surface area (Å²) in [5.74, 6) is 0. The monoisotopic (exact) mass is 980 g/mol. The zero-order valence-electron chi connectivity index (χ0n) is 37.5. The zero-order chi connectivity index (χ0) is 40.5. The Morgan fingerprint density at radius 1 is 0.527 bits per heavy atom. The first-order valence-corrected chi connectivity index (χ1v) is 54.3. The molecule has 2 unspecified atom stereocenters. The minimum absolute atomic E-state index is 0.553. The maximum absolute atomic E-state index is 3.94. The molecule has 6 heteroatoms. The van der Waals surface area contributed by atoms with Crippen LogP contribution in [-0.2, 0) is 17.1 Å². The molecular formula is C49H72HfSi5. The van der Waals surface area contributed by atoms with Crippen LogP contribution in [0.25, 0.3) is 34.4 Å². The Labute approximate surface area is 342 Å². The van der Waals surface area contributed by atoms with Gasteiger partial charge in [0.25, 0.3) is 0 Å². The molecule has 0 N–H and O–H groups in total. The average molecular weight is 980 g/mol. The Balaban J connectivity index is 1.55. The van der Waals surface area contributed by atoms with Gasteiger partial charge in [0.15, 0.2) is 0 Å². The maximum atomic E-state index is 2.93.